The number of alkyl halides is 9. The van der Waals surface area contributed by atoms with Gasteiger partial charge in [-0.2, -0.15) is 39.5 Å². The minimum absolute atomic E-state index is 0.181. The van der Waals surface area contributed by atoms with Gasteiger partial charge in [0.25, 0.3) is 5.91 Å². The van der Waals surface area contributed by atoms with Gasteiger partial charge in [-0.05, 0) is 35.4 Å². The van der Waals surface area contributed by atoms with Gasteiger partial charge in [0, 0.05) is 13.1 Å². The monoisotopic (exact) mass is 628 g/mol. The van der Waals surface area contributed by atoms with E-state index in [2.05, 4.69) is 0 Å². The van der Waals surface area contributed by atoms with Gasteiger partial charge >= 0.3 is 18.5 Å². The average Bonchev–Trinajstić information content (AvgIpc) is 2.77. The molecule has 39 heavy (non-hydrogen) atoms. The van der Waals surface area contributed by atoms with Crippen molar-refractivity contribution in [1.29, 1.82) is 0 Å². The lowest BCUT2D eigenvalue weighted by atomic mass is 9.96. The molecule has 2 aromatic carbocycles. The smallest absolute Gasteiger partial charge is 0.354 e. The number of nitrogens with one attached hydrogen (secondary N) is 2. The third-order valence-corrected chi connectivity index (χ3v) is 6.08. The molecule has 1 unspecified atom stereocenters. The first-order valence-corrected chi connectivity index (χ1v) is 11.6. The van der Waals surface area contributed by atoms with Crippen LogP contribution in [-0.2, 0) is 11.0 Å². The maximum atomic E-state index is 13.7. The number of rotatable bonds is 8. The van der Waals surface area contributed by atoms with Crippen molar-refractivity contribution in [3.63, 3.8) is 0 Å². The van der Waals surface area contributed by atoms with Gasteiger partial charge in [-0.3, -0.25) is 9.59 Å². The Morgan fingerprint density at radius 3 is 1.92 bits per heavy atom. The molecule has 2 aromatic rings. The van der Waals surface area contributed by atoms with E-state index >= 15 is 0 Å². The minimum atomic E-state index is -5.10. The Hall–Kier alpha value is -2.64. The Bertz CT molecular complexity index is 1220. The summed E-state index contributed by atoms with van der Waals surface area (Å²) in [5, 5.41) is 3.14. The molecule has 0 aromatic heterocycles. The van der Waals surface area contributed by atoms with E-state index in [1.807, 2.05) is 10.6 Å². The maximum Gasteiger partial charge on any atom is 0.417 e. The highest BCUT2D eigenvalue weighted by Gasteiger charge is 2.40. The number of amides is 2. The van der Waals surface area contributed by atoms with Crippen LogP contribution >= 0.6 is 34.8 Å². The van der Waals surface area contributed by atoms with Crippen molar-refractivity contribution in [3.05, 3.63) is 73.7 Å². The summed E-state index contributed by atoms with van der Waals surface area (Å²) >= 11 is 17.4. The standard InChI is InChI=1S/C23H16Cl3F9N2O2/c24-16-8-12(9-17(25)19(16)26)14(22(30,31)32)4-2-11-1-3-13(15(7-11)23(33,34)35)20(39)37-6-5-36-18(38)10-21(27,28)29/h1-4,7-9,14H,5-6,10H2,(H,36,38)(H,37,39)/b4-2+. The number of benzene rings is 2. The predicted molar refractivity (Wildman–Crippen MR) is 127 cm³/mol. The zero-order chi connectivity index (χ0) is 29.8. The molecule has 2 rings (SSSR count). The topological polar surface area (TPSA) is 58.2 Å². The lowest BCUT2D eigenvalue weighted by molar-refractivity contribution is -0.153. The van der Waals surface area contributed by atoms with Gasteiger partial charge < -0.3 is 10.6 Å². The predicted octanol–water partition coefficient (Wildman–Crippen LogP) is 7.82. The van der Waals surface area contributed by atoms with Crippen LogP contribution in [0.25, 0.3) is 6.08 Å². The highest BCUT2D eigenvalue weighted by Crippen LogP contribution is 2.41. The maximum absolute atomic E-state index is 13.7. The summed E-state index contributed by atoms with van der Waals surface area (Å²) in [4.78, 5) is 23.4. The van der Waals surface area contributed by atoms with E-state index in [4.69, 9.17) is 34.8 Å². The van der Waals surface area contributed by atoms with Crippen molar-refractivity contribution >= 4 is 52.7 Å². The quantitative estimate of drug-likeness (QED) is 0.178. The van der Waals surface area contributed by atoms with E-state index in [1.165, 1.54) is 0 Å². The van der Waals surface area contributed by atoms with E-state index in [-0.39, 0.29) is 20.6 Å². The zero-order valence-corrected chi connectivity index (χ0v) is 21.4. The number of hydrogen-bond acceptors (Lipinski definition) is 2. The zero-order valence-electron chi connectivity index (χ0n) is 19.1. The highest BCUT2D eigenvalue weighted by molar-refractivity contribution is 6.48. The molecular weight excluding hydrogens is 614 g/mol. The number of allylic oxidation sites excluding steroid dienone is 1. The van der Waals surface area contributed by atoms with Gasteiger partial charge in [0.05, 0.1) is 32.1 Å². The number of carbonyl (C=O) groups is 2. The van der Waals surface area contributed by atoms with Gasteiger partial charge in [-0.1, -0.05) is 53.0 Å². The Kier molecular flexibility index (Phi) is 10.6. The Labute approximate surface area is 230 Å². The molecule has 0 saturated heterocycles. The van der Waals surface area contributed by atoms with Crippen LogP contribution < -0.4 is 10.6 Å². The van der Waals surface area contributed by atoms with E-state index in [0.29, 0.717) is 12.1 Å². The summed E-state index contributed by atoms with van der Waals surface area (Å²) in [5.41, 5.74) is -3.14. The van der Waals surface area contributed by atoms with Gasteiger partial charge in [0.1, 0.15) is 6.42 Å². The molecule has 0 radical (unpaired) electrons. The molecule has 0 aliphatic heterocycles. The fourth-order valence-corrected chi connectivity index (χ4v) is 3.80. The van der Waals surface area contributed by atoms with Crippen LogP contribution in [-0.4, -0.2) is 37.3 Å². The van der Waals surface area contributed by atoms with Crippen LogP contribution in [0.1, 0.15) is 39.4 Å². The minimum Gasteiger partial charge on any atom is -0.354 e. The first-order valence-electron chi connectivity index (χ1n) is 10.5. The lowest BCUT2D eigenvalue weighted by Gasteiger charge is -2.19. The molecule has 0 bridgehead atoms. The van der Waals surface area contributed by atoms with E-state index in [0.717, 1.165) is 30.3 Å². The Morgan fingerprint density at radius 1 is 0.846 bits per heavy atom. The fourth-order valence-electron chi connectivity index (χ4n) is 3.19. The van der Waals surface area contributed by atoms with Gasteiger partial charge in [-0.15, -0.1) is 0 Å². The van der Waals surface area contributed by atoms with Crippen molar-refractivity contribution in [2.75, 3.05) is 13.1 Å². The van der Waals surface area contributed by atoms with E-state index in [1.54, 1.807) is 0 Å². The van der Waals surface area contributed by atoms with Crippen LogP contribution in [0.15, 0.2) is 36.4 Å². The molecule has 2 amide bonds. The molecule has 4 nitrogen and oxygen atoms in total. The molecule has 0 aliphatic rings. The third-order valence-electron chi connectivity index (χ3n) is 4.89. The average molecular weight is 630 g/mol. The second kappa shape index (κ2) is 12.7. The van der Waals surface area contributed by atoms with Crippen molar-refractivity contribution < 1.29 is 49.1 Å². The molecule has 0 heterocycles. The van der Waals surface area contributed by atoms with Crippen molar-refractivity contribution in [1.82, 2.24) is 10.6 Å². The van der Waals surface area contributed by atoms with E-state index in [9.17, 15) is 49.1 Å². The molecule has 214 valence electrons. The van der Waals surface area contributed by atoms with Crippen molar-refractivity contribution in [2.45, 2.75) is 30.9 Å². The summed E-state index contributed by atoms with van der Waals surface area (Å²) in [6.45, 7) is -0.999. The molecule has 0 saturated carbocycles. The van der Waals surface area contributed by atoms with Crippen LogP contribution in [0.5, 0.6) is 0 Å². The highest BCUT2D eigenvalue weighted by atomic mass is 35.5. The van der Waals surface area contributed by atoms with Gasteiger partial charge in [0.2, 0.25) is 5.91 Å². The fraction of sp³-hybridized carbons (Fsp3) is 0.304. The third kappa shape index (κ3) is 9.80. The molecule has 0 fully saturated rings. The summed E-state index contributed by atoms with van der Waals surface area (Å²) < 4.78 is 118. The number of carbonyl (C=O) groups excluding carboxylic acids is 2. The van der Waals surface area contributed by atoms with Crippen LogP contribution in [0.4, 0.5) is 39.5 Å². The Morgan fingerprint density at radius 2 is 1.41 bits per heavy atom. The normalized spacial score (nSPS) is 13.4. The second-order valence-corrected chi connectivity index (χ2v) is 9.07. The lowest BCUT2D eigenvalue weighted by Crippen LogP contribution is -2.36. The molecular formula is C23H16Cl3F9N2O2. The number of hydrogen-bond donors (Lipinski definition) is 2. The molecule has 16 heteroatoms. The SMILES string of the molecule is O=C(CC(F)(F)F)NCCNC(=O)c1ccc(/C=C/C(c2cc(Cl)c(Cl)c(Cl)c2)C(F)(F)F)cc1C(F)(F)F. The summed E-state index contributed by atoms with van der Waals surface area (Å²) in [6.07, 6.45) is -15.2. The van der Waals surface area contributed by atoms with Crippen molar-refractivity contribution in [3.8, 4) is 0 Å². The number of halogens is 12. The summed E-state index contributed by atoms with van der Waals surface area (Å²) in [6, 6.07) is 3.96. The second-order valence-electron chi connectivity index (χ2n) is 7.88. The Balaban J connectivity index is 2.25. The first-order chi connectivity index (χ1) is 17.8. The van der Waals surface area contributed by atoms with Crippen LogP contribution in [0, 0.1) is 0 Å². The van der Waals surface area contributed by atoms with Gasteiger partial charge in [-0.25, -0.2) is 0 Å². The van der Waals surface area contributed by atoms with Crippen molar-refractivity contribution in [2.24, 2.45) is 0 Å². The summed E-state index contributed by atoms with van der Waals surface area (Å²) in [5.74, 6) is -5.00. The van der Waals surface area contributed by atoms with Crippen LogP contribution in [0.3, 0.4) is 0 Å². The molecule has 2 N–H and O–H groups in total. The first kappa shape index (κ1) is 32.6. The van der Waals surface area contributed by atoms with Crippen LogP contribution in [0.2, 0.25) is 15.1 Å². The van der Waals surface area contributed by atoms with E-state index < -0.39 is 72.5 Å². The summed E-state index contributed by atoms with van der Waals surface area (Å²) in [7, 11) is 0. The van der Waals surface area contributed by atoms with Gasteiger partial charge in [0.15, 0.2) is 0 Å². The molecule has 0 aliphatic carbocycles. The largest absolute Gasteiger partial charge is 0.417 e. The molecule has 0 spiro atoms. The molecule has 1 atom stereocenters.